The van der Waals surface area contributed by atoms with Crippen molar-refractivity contribution in [2.45, 2.75) is 20.8 Å². The first kappa shape index (κ1) is 22.9. The first-order valence-corrected chi connectivity index (χ1v) is 16.9. The van der Waals surface area contributed by atoms with Gasteiger partial charge in [0, 0.05) is 36.6 Å². The third kappa shape index (κ3) is 2.96. The fourth-order valence-corrected chi connectivity index (χ4v) is 11.9. The molecule has 6 heterocycles. The van der Waals surface area contributed by atoms with Gasteiger partial charge in [-0.25, -0.2) is 0 Å². The maximum Gasteiger partial charge on any atom is 0.164 e. The molecule has 0 atom stereocenters. The number of hydrogen-bond acceptors (Lipinski definition) is 5. The van der Waals surface area contributed by atoms with Crippen LogP contribution in [0.15, 0.2) is 77.2 Å². The molecule has 10 aromatic rings. The largest absolute Gasteiger partial charge is 0.454 e. The second-order valence-corrected chi connectivity index (χ2v) is 15.3. The lowest BCUT2D eigenvalue weighted by atomic mass is 10.2. The number of thiophene rings is 4. The molecule has 0 aliphatic carbocycles. The minimum Gasteiger partial charge on any atom is -0.454 e. The zero-order valence-corrected chi connectivity index (χ0v) is 25.7. The van der Waals surface area contributed by atoms with E-state index in [0.717, 1.165) is 11.2 Å². The van der Waals surface area contributed by atoms with Gasteiger partial charge in [0.15, 0.2) is 5.58 Å². The van der Waals surface area contributed by atoms with Gasteiger partial charge in [0.2, 0.25) is 0 Å². The lowest BCUT2D eigenvalue weighted by Gasteiger charge is -2.08. The van der Waals surface area contributed by atoms with Gasteiger partial charge in [-0.05, 0) is 74.4 Å². The summed E-state index contributed by atoms with van der Waals surface area (Å²) < 4.78 is 19.7. The maximum absolute atomic E-state index is 6.43. The normalized spacial score (nSPS) is 12.8. The van der Waals surface area contributed by atoms with Crippen LogP contribution in [-0.4, -0.2) is 4.57 Å². The van der Waals surface area contributed by atoms with Crippen LogP contribution in [0.4, 0.5) is 0 Å². The molecule has 0 saturated carbocycles. The summed E-state index contributed by atoms with van der Waals surface area (Å²) in [6.07, 6.45) is 0. The highest BCUT2D eigenvalue weighted by Gasteiger charge is 2.23. The number of rotatable bonds is 1. The van der Waals surface area contributed by atoms with E-state index in [2.05, 4.69) is 98.1 Å². The van der Waals surface area contributed by atoms with E-state index in [1.54, 1.807) is 0 Å². The summed E-state index contributed by atoms with van der Waals surface area (Å²) in [5.74, 6) is 0. The van der Waals surface area contributed by atoms with Crippen molar-refractivity contribution in [2.75, 3.05) is 0 Å². The number of hydrogen-bond donors (Lipinski definition) is 0. The molecule has 0 aliphatic rings. The molecule has 6 heteroatoms. The van der Waals surface area contributed by atoms with E-state index >= 15 is 0 Å². The predicted octanol–water partition coefficient (Wildman–Crippen LogP) is 12.5. The summed E-state index contributed by atoms with van der Waals surface area (Å²) >= 11 is 7.66. The first-order chi connectivity index (χ1) is 20.0. The molecule has 0 fully saturated rings. The molecule has 10 rings (SSSR count). The van der Waals surface area contributed by atoms with Crippen LogP contribution in [0.2, 0.25) is 0 Å². The second kappa shape index (κ2) is 7.78. The quantitative estimate of drug-likeness (QED) is 0.184. The Morgan fingerprint density at radius 1 is 0.512 bits per heavy atom. The Balaban J connectivity index is 1.29. The minimum atomic E-state index is 0.995. The molecule has 0 radical (unpaired) electrons. The highest BCUT2D eigenvalue weighted by Crippen LogP contribution is 2.52. The Labute approximate surface area is 250 Å². The molecule has 0 saturated heterocycles. The topological polar surface area (TPSA) is 18.1 Å². The molecule has 4 aromatic carbocycles. The van der Waals surface area contributed by atoms with Gasteiger partial charge in [0.25, 0.3) is 0 Å². The van der Waals surface area contributed by atoms with E-state index in [0.29, 0.717) is 0 Å². The monoisotopic (exact) mass is 599 g/mol. The molecule has 0 unspecified atom stereocenters. The predicted molar refractivity (Wildman–Crippen MR) is 184 cm³/mol. The van der Waals surface area contributed by atoms with Crippen molar-refractivity contribution >= 4 is 127 Å². The van der Waals surface area contributed by atoms with Gasteiger partial charge >= 0.3 is 0 Å². The van der Waals surface area contributed by atoms with Gasteiger partial charge in [0.05, 0.1) is 39.2 Å². The standard InChI is InChI=1S/C35H21NOS4/c1-16-4-8-19(9-5-16)36-24-12-17(2)6-10-20(24)30-28(36)34-32(40-30)22-14-27-23(15-26(22)38-34)33-35(39-27)29-31(41-33)21-11-7-18(3)13-25(21)37-29/h4-15H,1-3H3. The average molecular weight is 600 g/mol. The van der Waals surface area contributed by atoms with Crippen LogP contribution in [0, 0.1) is 20.8 Å². The van der Waals surface area contributed by atoms with Gasteiger partial charge in [0.1, 0.15) is 5.58 Å². The lowest BCUT2D eigenvalue weighted by molar-refractivity contribution is 0.673. The number of nitrogens with zero attached hydrogens (tertiary/aromatic N) is 1. The van der Waals surface area contributed by atoms with Crippen molar-refractivity contribution in [1.29, 1.82) is 0 Å². The molecule has 2 nitrogen and oxygen atoms in total. The summed E-state index contributed by atoms with van der Waals surface area (Å²) in [7, 11) is 0. The van der Waals surface area contributed by atoms with Crippen LogP contribution in [0.3, 0.4) is 0 Å². The van der Waals surface area contributed by atoms with Gasteiger partial charge in [-0.3, -0.25) is 0 Å². The molecule has 196 valence electrons. The van der Waals surface area contributed by atoms with Crippen LogP contribution in [0.25, 0.3) is 87.0 Å². The van der Waals surface area contributed by atoms with E-state index in [1.165, 1.54) is 92.6 Å². The van der Waals surface area contributed by atoms with E-state index in [4.69, 9.17) is 4.42 Å². The molecular formula is C35H21NOS4. The second-order valence-electron chi connectivity index (χ2n) is 11.2. The summed E-state index contributed by atoms with van der Waals surface area (Å²) in [6.45, 7) is 6.47. The zero-order valence-electron chi connectivity index (χ0n) is 22.4. The Hall–Kier alpha value is -3.68. The smallest absolute Gasteiger partial charge is 0.164 e. The Bertz CT molecular complexity index is 2720. The van der Waals surface area contributed by atoms with Gasteiger partial charge in [-0.1, -0.05) is 35.9 Å². The SMILES string of the molecule is Cc1ccc(-n2c3cc(C)ccc3c3sc4c5cc6sc7c8oc9cc(C)ccc9c8sc7c6cc5sc4c32)cc1. The molecule has 0 bridgehead atoms. The molecule has 0 N–H and O–H groups in total. The zero-order chi connectivity index (χ0) is 27.1. The maximum atomic E-state index is 6.43. The third-order valence-corrected chi connectivity index (χ3v) is 13.5. The Morgan fingerprint density at radius 2 is 1.15 bits per heavy atom. The van der Waals surface area contributed by atoms with E-state index < -0.39 is 0 Å². The highest BCUT2D eigenvalue weighted by atomic mass is 32.1. The molecular weight excluding hydrogens is 579 g/mol. The van der Waals surface area contributed by atoms with E-state index in [-0.39, 0.29) is 0 Å². The molecule has 0 amide bonds. The third-order valence-electron chi connectivity index (χ3n) is 8.41. The van der Waals surface area contributed by atoms with Gasteiger partial charge in [-0.15, -0.1) is 45.3 Å². The van der Waals surface area contributed by atoms with Crippen molar-refractivity contribution in [2.24, 2.45) is 0 Å². The summed E-state index contributed by atoms with van der Waals surface area (Å²) in [5, 5.41) is 5.30. The summed E-state index contributed by atoms with van der Waals surface area (Å²) in [4.78, 5) is 0. The van der Waals surface area contributed by atoms with Crippen molar-refractivity contribution in [3.63, 3.8) is 0 Å². The van der Waals surface area contributed by atoms with Crippen molar-refractivity contribution in [3.05, 3.63) is 89.5 Å². The van der Waals surface area contributed by atoms with Crippen LogP contribution < -0.4 is 0 Å². The number of benzene rings is 4. The van der Waals surface area contributed by atoms with Gasteiger partial charge < -0.3 is 8.98 Å². The lowest BCUT2D eigenvalue weighted by Crippen LogP contribution is -1.93. The van der Waals surface area contributed by atoms with Crippen molar-refractivity contribution in [1.82, 2.24) is 4.57 Å². The minimum absolute atomic E-state index is 0.995. The van der Waals surface area contributed by atoms with E-state index in [1.807, 2.05) is 45.3 Å². The fraction of sp³-hybridized carbons (Fsp3) is 0.0857. The molecule has 6 aromatic heterocycles. The highest BCUT2D eigenvalue weighted by molar-refractivity contribution is 7.38. The summed E-state index contributed by atoms with van der Waals surface area (Å²) in [5.41, 5.74) is 9.72. The number of furan rings is 1. The molecule has 41 heavy (non-hydrogen) atoms. The van der Waals surface area contributed by atoms with Crippen LogP contribution >= 0.6 is 45.3 Å². The average Bonchev–Trinajstić information content (AvgIpc) is 3.77. The first-order valence-electron chi connectivity index (χ1n) is 13.7. The number of fused-ring (bicyclic) bond motifs is 14. The number of aryl methyl sites for hydroxylation is 3. The Morgan fingerprint density at radius 3 is 1.93 bits per heavy atom. The fourth-order valence-electron chi connectivity index (χ4n) is 6.42. The summed E-state index contributed by atoms with van der Waals surface area (Å²) in [6, 6.07) is 27.3. The molecule has 0 spiro atoms. The van der Waals surface area contributed by atoms with Crippen LogP contribution in [0.5, 0.6) is 0 Å². The number of aromatic nitrogens is 1. The molecule has 0 aliphatic heterocycles. The Kier molecular flexibility index (Phi) is 4.35. The van der Waals surface area contributed by atoms with Crippen LogP contribution in [-0.2, 0) is 0 Å². The van der Waals surface area contributed by atoms with E-state index in [9.17, 15) is 0 Å². The van der Waals surface area contributed by atoms with Crippen LogP contribution in [0.1, 0.15) is 16.7 Å². The van der Waals surface area contributed by atoms with Gasteiger partial charge in [-0.2, -0.15) is 0 Å². The van der Waals surface area contributed by atoms with Crippen molar-refractivity contribution < 1.29 is 4.42 Å². The van der Waals surface area contributed by atoms with Crippen molar-refractivity contribution in [3.8, 4) is 5.69 Å².